The Bertz CT molecular complexity index is 552. The largest absolute Gasteiger partial charge is 0.395 e. The molecule has 2 N–H and O–H groups in total. The fourth-order valence-electron chi connectivity index (χ4n) is 9.25. The van der Waals surface area contributed by atoms with Gasteiger partial charge in [0.1, 0.15) is 0 Å². The van der Waals surface area contributed by atoms with Gasteiger partial charge in [0, 0.05) is 25.0 Å². The summed E-state index contributed by atoms with van der Waals surface area (Å²) in [7, 11) is 0. The highest BCUT2D eigenvalue weighted by molar-refractivity contribution is 5.19. The first-order valence-electron chi connectivity index (χ1n) is 11.0. The summed E-state index contributed by atoms with van der Waals surface area (Å²) in [6, 6.07) is 0. The Labute approximate surface area is 153 Å². The first-order valence-corrected chi connectivity index (χ1v) is 11.0. The predicted octanol–water partition coefficient (Wildman–Crippen LogP) is 3.29. The molecule has 6 aliphatic rings. The lowest BCUT2D eigenvalue weighted by atomic mass is 9.34. The SMILES string of the molecule is C[C@H]1[C@H]2CC[C@@]3(CC[C@@H]4[C@@]5(C)CCC[C@@]4(CN(CCO)C5)[C@@H]3C2)[C@@H]1O. The molecule has 6 fully saturated rings. The van der Waals surface area contributed by atoms with Crippen molar-refractivity contribution in [2.45, 2.75) is 71.3 Å². The summed E-state index contributed by atoms with van der Waals surface area (Å²) in [4.78, 5) is 2.59. The summed E-state index contributed by atoms with van der Waals surface area (Å²) in [6.07, 6.45) is 10.7. The number of aliphatic hydroxyl groups excluding tert-OH is 2. The first kappa shape index (κ1) is 17.0. The van der Waals surface area contributed by atoms with Gasteiger partial charge < -0.3 is 10.2 Å². The minimum Gasteiger partial charge on any atom is -0.395 e. The molecular formula is C22H37NO2. The minimum absolute atomic E-state index is 0.0678. The molecule has 0 amide bonds. The molecule has 6 rings (SSSR count). The number of piperidine rings is 1. The monoisotopic (exact) mass is 347 g/mol. The van der Waals surface area contributed by atoms with E-state index in [4.69, 9.17) is 0 Å². The maximum absolute atomic E-state index is 11.3. The van der Waals surface area contributed by atoms with Crippen molar-refractivity contribution in [3.05, 3.63) is 0 Å². The summed E-state index contributed by atoms with van der Waals surface area (Å²) < 4.78 is 0. The van der Waals surface area contributed by atoms with Gasteiger partial charge in [0.25, 0.3) is 0 Å². The van der Waals surface area contributed by atoms with Gasteiger partial charge in [-0.3, -0.25) is 4.90 Å². The van der Waals surface area contributed by atoms with Gasteiger partial charge in [-0.15, -0.1) is 0 Å². The van der Waals surface area contributed by atoms with Crippen molar-refractivity contribution in [3.63, 3.8) is 0 Å². The number of nitrogens with zero attached hydrogens (tertiary/aromatic N) is 1. The summed E-state index contributed by atoms with van der Waals surface area (Å²) in [6.45, 7) is 8.37. The van der Waals surface area contributed by atoms with Crippen molar-refractivity contribution >= 4 is 0 Å². The van der Waals surface area contributed by atoms with E-state index in [9.17, 15) is 10.2 Å². The molecule has 1 spiro atoms. The smallest absolute Gasteiger partial charge is 0.0627 e. The fraction of sp³-hybridized carbons (Fsp3) is 1.00. The third-order valence-electron chi connectivity index (χ3n) is 10.1. The molecule has 25 heavy (non-hydrogen) atoms. The van der Waals surface area contributed by atoms with Crippen LogP contribution >= 0.6 is 0 Å². The van der Waals surface area contributed by atoms with E-state index in [2.05, 4.69) is 18.7 Å². The van der Waals surface area contributed by atoms with Crippen LogP contribution in [-0.4, -0.2) is 47.5 Å². The van der Waals surface area contributed by atoms with Crippen molar-refractivity contribution in [2.24, 2.45) is 39.9 Å². The zero-order valence-corrected chi connectivity index (χ0v) is 16.2. The molecule has 8 atom stereocenters. The summed E-state index contributed by atoms with van der Waals surface area (Å²) in [5, 5.41) is 20.9. The molecular weight excluding hydrogens is 310 g/mol. The highest BCUT2D eigenvalue weighted by atomic mass is 16.3. The second-order valence-electron chi connectivity index (χ2n) is 10.9. The fourth-order valence-corrected chi connectivity index (χ4v) is 9.25. The van der Waals surface area contributed by atoms with E-state index in [1.54, 1.807) is 0 Å². The molecule has 0 unspecified atom stereocenters. The molecule has 3 nitrogen and oxygen atoms in total. The summed E-state index contributed by atoms with van der Waals surface area (Å²) in [5.74, 6) is 2.83. The highest BCUT2D eigenvalue weighted by Crippen LogP contribution is 2.73. The van der Waals surface area contributed by atoms with Crippen LogP contribution in [-0.2, 0) is 0 Å². The number of fused-ring (bicyclic) bond motifs is 2. The Morgan fingerprint density at radius 2 is 1.80 bits per heavy atom. The van der Waals surface area contributed by atoms with Gasteiger partial charge in [0.2, 0.25) is 0 Å². The van der Waals surface area contributed by atoms with Crippen molar-refractivity contribution in [2.75, 3.05) is 26.2 Å². The highest BCUT2D eigenvalue weighted by Gasteiger charge is 2.69. The molecule has 1 aliphatic heterocycles. The third-order valence-corrected chi connectivity index (χ3v) is 10.1. The van der Waals surface area contributed by atoms with Gasteiger partial charge >= 0.3 is 0 Å². The molecule has 1 saturated heterocycles. The van der Waals surface area contributed by atoms with E-state index in [0.717, 1.165) is 24.3 Å². The van der Waals surface area contributed by atoms with Crippen LogP contribution in [0.4, 0.5) is 0 Å². The van der Waals surface area contributed by atoms with Gasteiger partial charge in [0.05, 0.1) is 12.7 Å². The number of hydrogen-bond acceptors (Lipinski definition) is 3. The molecule has 0 radical (unpaired) electrons. The Morgan fingerprint density at radius 3 is 2.60 bits per heavy atom. The molecule has 3 heteroatoms. The van der Waals surface area contributed by atoms with Crippen LogP contribution in [0.1, 0.15) is 65.2 Å². The van der Waals surface area contributed by atoms with Gasteiger partial charge in [-0.2, -0.15) is 0 Å². The van der Waals surface area contributed by atoms with Gasteiger partial charge in [-0.05, 0) is 79.4 Å². The quantitative estimate of drug-likeness (QED) is 0.805. The molecule has 4 bridgehead atoms. The Hall–Kier alpha value is -0.120. The normalized spacial score (nSPS) is 57.8. The summed E-state index contributed by atoms with van der Waals surface area (Å²) in [5.41, 5.74) is 1.06. The van der Waals surface area contributed by atoms with E-state index in [-0.39, 0.29) is 18.1 Å². The predicted molar refractivity (Wildman–Crippen MR) is 99.1 cm³/mol. The standard InChI is InChI=1S/C22H37NO2/c1-15-16-4-8-21(19(15)25)9-5-17-20(2)6-3-7-22(17,18(21)12-16)14-23(13-20)10-11-24/h15-19,24-25H,3-14H2,1-2H3/t15-,16-,17+,18+,19+,20-,21-,22-/m0/s1. The van der Waals surface area contributed by atoms with Crippen molar-refractivity contribution in [1.82, 2.24) is 4.90 Å². The van der Waals surface area contributed by atoms with Crippen LogP contribution in [0, 0.1) is 39.9 Å². The molecule has 5 aliphatic carbocycles. The van der Waals surface area contributed by atoms with Crippen LogP contribution in [0.2, 0.25) is 0 Å². The van der Waals surface area contributed by atoms with Crippen molar-refractivity contribution in [3.8, 4) is 0 Å². The Morgan fingerprint density at radius 1 is 1.00 bits per heavy atom. The zero-order chi connectivity index (χ0) is 17.4. The van der Waals surface area contributed by atoms with E-state index in [0.29, 0.717) is 16.7 Å². The van der Waals surface area contributed by atoms with Crippen LogP contribution in [0.25, 0.3) is 0 Å². The first-order chi connectivity index (χ1) is 12.0. The Kier molecular flexibility index (Phi) is 3.71. The molecule has 0 aromatic heterocycles. The lowest BCUT2D eigenvalue weighted by Crippen LogP contribution is -2.71. The summed E-state index contributed by atoms with van der Waals surface area (Å²) >= 11 is 0. The van der Waals surface area contributed by atoms with Gasteiger partial charge in [-0.25, -0.2) is 0 Å². The maximum atomic E-state index is 11.3. The van der Waals surface area contributed by atoms with Crippen LogP contribution < -0.4 is 0 Å². The maximum Gasteiger partial charge on any atom is 0.0627 e. The topological polar surface area (TPSA) is 43.7 Å². The second-order valence-corrected chi connectivity index (χ2v) is 10.9. The molecule has 0 aromatic carbocycles. The third kappa shape index (κ3) is 2.04. The van der Waals surface area contributed by atoms with E-state index < -0.39 is 0 Å². The Balaban J connectivity index is 1.58. The number of rotatable bonds is 2. The number of likely N-dealkylation sites (tertiary alicyclic amines) is 1. The van der Waals surface area contributed by atoms with Crippen molar-refractivity contribution < 1.29 is 10.2 Å². The number of hydrogen-bond donors (Lipinski definition) is 2. The minimum atomic E-state index is -0.0678. The van der Waals surface area contributed by atoms with E-state index >= 15 is 0 Å². The van der Waals surface area contributed by atoms with Crippen LogP contribution in [0.15, 0.2) is 0 Å². The van der Waals surface area contributed by atoms with Gasteiger partial charge in [0.15, 0.2) is 0 Å². The van der Waals surface area contributed by atoms with Crippen molar-refractivity contribution in [1.29, 1.82) is 0 Å². The molecule has 142 valence electrons. The van der Waals surface area contributed by atoms with Crippen LogP contribution in [0.3, 0.4) is 0 Å². The number of aliphatic hydroxyl groups is 2. The molecule has 5 saturated carbocycles. The lowest BCUT2D eigenvalue weighted by Gasteiger charge is -2.73. The number of β-amino-alcohol motifs (C(OH)–C–C–N with tert-alkyl or cyclic N) is 1. The molecule has 1 heterocycles. The average molecular weight is 348 g/mol. The van der Waals surface area contributed by atoms with Crippen LogP contribution in [0.5, 0.6) is 0 Å². The lowest BCUT2D eigenvalue weighted by molar-refractivity contribution is -0.266. The average Bonchev–Trinajstić information content (AvgIpc) is 2.58. The molecule has 0 aromatic rings. The van der Waals surface area contributed by atoms with Gasteiger partial charge in [-0.1, -0.05) is 20.3 Å². The zero-order valence-electron chi connectivity index (χ0n) is 16.2. The second kappa shape index (κ2) is 5.45. The van der Waals surface area contributed by atoms with E-state index in [1.165, 1.54) is 64.5 Å². The van der Waals surface area contributed by atoms with E-state index in [1.807, 2.05) is 0 Å².